The molecule has 6 aromatic rings. The van der Waals surface area contributed by atoms with Gasteiger partial charge in [-0.15, -0.1) is 0 Å². The van der Waals surface area contributed by atoms with Gasteiger partial charge in [-0.1, -0.05) is 123 Å². The minimum Gasteiger partial charge on any atom is -0.430 e. The molecule has 0 spiro atoms. The van der Waals surface area contributed by atoms with Crippen LogP contribution in [-0.4, -0.2) is 22.2 Å². The third-order valence-corrected chi connectivity index (χ3v) is 9.02. The van der Waals surface area contributed by atoms with Gasteiger partial charge in [-0.05, 0) is 81.9 Å². The molecule has 0 saturated carbocycles. The van der Waals surface area contributed by atoms with Crippen molar-refractivity contribution in [2.45, 2.75) is 44.1 Å². The van der Waals surface area contributed by atoms with Gasteiger partial charge in [0.15, 0.2) is 0 Å². The Balaban J connectivity index is 1.26. The fraction of sp³-hybridized carbons (Fsp3) is 0.163. The zero-order valence-corrected chi connectivity index (χ0v) is 27.5. The quantitative estimate of drug-likeness (QED) is 0.129. The first-order valence-corrected chi connectivity index (χ1v) is 16.6. The number of para-hydroxylation sites is 2. The van der Waals surface area contributed by atoms with Crippen LogP contribution in [0.25, 0.3) is 11.1 Å². The van der Waals surface area contributed by atoms with Gasteiger partial charge in [0.2, 0.25) is 0 Å². The van der Waals surface area contributed by atoms with E-state index in [0.717, 1.165) is 33.4 Å². The fourth-order valence-electron chi connectivity index (χ4n) is 6.61. The average molecular weight is 651 g/mol. The van der Waals surface area contributed by atoms with E-state index in [4.69, 9.17) is 18.9 Å². The maximum atomic E-state index is 11.2. The van der Waals surface area contributed by atoms with Gasteiger partial charge in [0.05, 0.1) is 18.3 Å². The first-order valence-electron chi connectivity index (χ1n) is 16.6. The molecule has 0 saturated heterocycles. The van der Waals surface area contributed by atoms with E-state index in [-0.39, 0.29) is 12.8 Å². The monoisotopic (exact) mass is 650 g/mol. The Morgan fingerprint density at radius 3 is 1.06 bits per heavy atom. The maximum absolute atomic E-state index is 11.2. The lowest BCUT2D eigenvalue weighted by Crippen LogP contribution is -2.41. The van der Waals surface area contributed by atoms with Crippen molar-refractivity contribution in [3.63, 3.8) is 0 Å². The van der Waals surface area contributed by atoms with Gasteiger partial charge in [0.1, 0.15) is 23.0 Å². The molecule has 0 radical (unpaired) electrons. The lowest BCUT2D eigenvalue weighted by molar-refractivity contribution is -0.274. The van der Waals surface area contributed by atoms with Gasteiger partial charge in [-0.3, -0.25) is 0 Å². The summed E-state index contributed by atoms with van der Waals surface area (Å²) in [5.74, 6) is -1.71. The molecular formula is C43H38O6. The standard InChI is InChI=1S/C43H38O6/c1-3-41(44,46-33-15-7-5-8-16-33)48-35-27-23-31(24-28-35)43(39-21-13-11-19-37(39)38-20-12-14-22-40(38)43)32-25-29-36(30-26-32)49-42(45,4-2)47-34-17-9-6-10-18-34/h5-30,44-45H,3-4H2,1-2H3. The summed E-state index contributed by atoms with van der Waals surface area (Å²) >= 11 is 0. The minimum atomic E-state index is -1.84. The minimum absolute atomic E-state index is 0.215. The Hall–Kier alpha value is -5.56. The molecule has 6 aromatic carbocycles. The van der Waals surface area contributed by atoms with E-state index in [1.165, 1.54) is 0 Å². The SMILES string of the molecule is CCC(O)(Oc1ccccc1)Oc1ccc(C2(c3ccc(OC(O)(CC)Oc4ccccc4)cc3)c3ccccc3-c3ccccc32)cc1. The Morgan fingerprint density at radius 2 is 0.714 bits per heavy atom. The first-order chi connectivity index (χ1) is 23.9. The molecule has 1 aliphatic rings. The molecule has 0 amide bonds. The summed E-state index contributed by atoms with van der Waals surface area (Å²) in [6, 6.07) is 50.9. The van der Waals surface area contributed by atoms with E-state index in [0.29, 0.717) is 23.0 Å². The zero-order chi connectivity index (χ0) is 33.9. The van der Waals surface area contributed by atoms with Gasteiger partial charge >= 0.3 is 11.9 Å². The Labute approximate surface area is 286 Å². The molecule has 1 aliphatic carbocycles. The van der Waals surface area contributed by atoms with Crippen LogP contribution < -0.4 is 18.9 Å². The molecule has 0 bridgehead atoms. The highest BCUT2D eigenvalue weighted by atomic mass is 16.8. The Kier molecular flexibility index (Phi) is 8.59. The molecular weight excluding hydrogens is 612 g/mol. The highest BCUT2D eigenvalue weighted by molar-refractivity contribution is 5.86. The summed E-state index contributed by atoms with van der Waals surface area (Å²) < 4.78 is 23.8. The third kappa shape index (κ3) is 6.13. The number of benzene rings is 6. The predicted molar refractivity (Wildman–Crippen MR) is 190 cm³/mol. The molecule has 49 heavy (non-hydrogen) atoms. The molecule has 2 atom stereocenters. The van der Waals surface area contributed by atoms with Crippen molar-refractivity contribution in [1.82, 2.24) is 0 Å². The number of ether oxygens (including phenoxy) is 4. The molecule has 246 valence electrons. The van der Waals surface area contributed by atoms with Crippen molar-refractivity contribution < 1.29 is 29.2 Å². The second kappa shape index (κ2) is 13.2. The second-order valence-corrected chi connectivity index (χ2v) is 12.1. The molecule has 6 heteroatoms. The zero-order valence-electron chi connectivity index (χ0n) is 27.5. The topological polar surface area (TPSA) is 77.4 Å². The van der Waals surface area contributed by atoms with E-state index < -0.39 is 17.4 Å². The molecule has 6 nitrogen and oxygen atoms in total. The van der Waals surface area contributed by atoms with Crippen LogP contribution in [0.1, 0.15) is 48.9 Å². The summed E-state index contributed by atoms with van der Waals surface area (Å²) in [6.07, 6.45) is 0.429. The van der Waals surface area contributed by atoms with Crippen molar-refractivity contribution in [2.24, 2.45) is 0 Å². The van der Waals surface area contributed by atoms with Gasteiger partial charge in [0.25, 0.3) is 0 Å². The second-order valence-electron chi connectivity index (χ2n) is 12.1. The van der Waals surface area contributed by atoms with Crippen molar-refractivity contribution in [3.05, 3.63) is 180 Å². The van der Waals surface area contributed by atoms with Crippen LogP contribution in [0, 0.1) is 0 Å². The van der Waals surface area contributed by atoms with Gasteiger partial charge in [0, 0.05) is 0 Å². The molecule has 0 aromatic heterocycles. The van der Waals surface area contributed by atoms with Crippen molar-refractivity contribution >= 4 is 0 Å². The Bertz CT molecular complexity index is 1860. The Morgan fingerprint density at radius 1 is 0.408 bits per heavy atom. The molecule has 2 unspecified atom stereocenters. The molecule has 0 aliphatic heterocycles. The van der Waals surface area contributed by atoms with Crippen molar-refractivity contribution in [2.75, 3.05) is 0 Å². The highest BCUT2D eigenvalue weighted by Crippen LogP contribution is 2.56. The van der Waals surface area contributed by atoms with Crippen LogP contribution in [0.3, 0.4) is 0 Å². The van der Waals surface area contributed by atoms with Crippen LogP contribution in [0.4, 0.5) is 0 Å². The van der Waals surface area contributed by atoms with Crippen LogP contribution >= 0.6 is 0 Å². The van der Waals surface area contributed by atoms with E-state index >= 15 is 0 Å². The molecule has 2 N–H and O–H groups in total. The van der Waals surface area contributed by atoms with E-state index in [1.807, 2.05) is 84.9 Å². The molecule has 0 heterocycles. The maximum Gasteiger partial charge on any atom is 0.368 e. The van der Waals surface area contributed by atoms with E-state index in [1.54, 1.807) is 38.1 Å². The van der Waals surface area contributed by atoms with Crippen LogP contribution in [0.2, 0.25) is 0 Å². The predicted octanol–water partition coefficient (Wildman–Crippen LogP) is 9.08. The summed E-state index contributed by atoms with van der Waals surface area (Å²) in [5.41, 5.74) is 5.98. The summed E-state index contributed by atoms with van der Waals surface area (Å²) in [7, 11) is 0. The third-order valence-electron chi connectivity index (χ3n) is 9.02. The number of hydrogen-bond donors (Lipinski definition) is 2. The molecule has 7 rings (SSSR count). The van der Waals surface area contributed by atoms with Crippen LogP contribution in [0.5, 0.6) is 23.0 Å². The van der Waals surface area contributed by atoms with Crippen LogP contribution in [-0.2, 0) is 5.41 Å². The van der Waals surface area contributed by atoms with E-state index in [2.05, 4.69) is 48.5 Å². The summed E-state index contributed by atoms with van der Waals surface area (Å²) in [4.78, 5) is 0. The largest absolute Gasteiger partial charge is 0.430 e. The van der Waals surface area contributed by atoms with Crippen LogP contribution in [0.15, 0.2) is 158 Å². The van der Waals surface area contributed by atoms with Crippen molar-refractivity contribution in [3.8, 4) is 34.1 Å². The van der Waals surface area contributed by atoms with Gasteiger partial charge in [-0.25, -0.2) is 0 Å². The number of hydrogen-bond acceptors (Lipinski definition) is 6. The smallest absolute Gasteiger partial charge is 0.368 e. The lowest BCUT2D eigenvalue weighted by Gasteiger charge is -2.34. The first kappa shape index (κ1) is 32.0. The number of rotatable bonds is 12. The van der Waals surface area contributed by atoms with E-state index in [9.17, 15) is 10.2 Å². The molecule has 0 fully saturated rings. The number of aliphatic hydroxyl groups is 2. The van der Waals surface area contributed by atoms with Gasteiger partial charge < -0.3 is 29.2 Å². The van der Waals surface area contributed by atoms with Gasteiger partial charge in [-0.2, -0.15) is 0 Å². The highest BCUT2D eigenvalue weighted by Gasteiger charge is 2.46. The summed E-state index contributed by atoms with van der Waals surface area (Å²) in [5, 5.41) is 22.4. The number of fused-ring (bicyclic) bond motifs is 3. The average Bonchev–Trinajstić information content (AvgIpc) is 3.44. The normalized spacial score (nSPS) is 15.2. The fourth-order valence-corrected chi connectivity index (χ4v) is 6.61. The lowest BCUT2D eigenvalue weighted by atomic mass is 9.68. The summed E-state index contributed by atoms with van der Waals surface area (Å²) in [6.45, 7) is 3.61. The van der Waals surface area contributed by atoms with Crippen molar-refractivity contribution in [1.29, 1.82) is 0 Å².